The zero-order valence-corrected chi connectivity index (χ0v) is 33.1. The van der Waals surface area contributed by atoms with Gasteiger partial charge in [0.15, 0.2) is 17.5 Å². The van der Waals surface area contributed by atoms with Crippen LogP contribution in [0.4, 0.5) is 0 Å². The minimum Gasteiger partial charge on any atom is -0.456 e. The molecule has 0 bridgehead atoms. The Hall–Kier alpha value is -8.48. The minimum atomic E-state index is 0.592. The molecule has 13 aromatic rings. The van der Waals surface area contributed by atoms with E-state index in [1.807, 2.05) is 54.6 Å². The SMILES string of the molecule is c1ccc(-c2nc(-c3ccc(-c4nc5ccccc5c5c(-c6cccc7c6oc6ccccc67)c6c(cc45)oc4ccccc46)cc3)nc(-c3cccc4ccccc34)n2)cc1. The predicted octanol–water partition coefficient (Wildman–Crippen LogP) is 14.9. The van der Waals surface area contributed by atoms with E-state index in [4.69, 9.17) is 28.8 Å². The largest absolute Gasteiger partial charge is 0.456 e. The summed E-state index contributed by atoms with van der Waals surface area (Å²) >= 11 is 0. The van der Waals surface area contributed by atoms with Gasteiger partial charge in [-0.15, -0.1) is 0 Å². The Morgan fingerprint density at radius 3 is 1.73 bits per heavy atom. The van der Waals surface area contributed by atoms with Gasteiger partial charge in [-0.05, 0) is 35.0 Å². The third-order valence-electron chi connectivity index (χ3n) is 12.1. The maximum Gasteiger partial charge on any atom is 0.164 e. The van der Waals surface area contributed by atoms with Crippen LogP contribution in [-0.4, -0.2) is 19.9 Å². The maximum atomic E-state index is 6.74. The number of hydrogen-bond acceptors (Lipinski definition) is 6. The standard InChI is InChI=1S/C56H32N4O2/c1-2-15-35(16-3-1)54-58-55(60-56(59-54)40-23-12-17-33-14-4-5-18-37(33)40)36-30-28-34(29-31-36)52-44-32-48-50(42-21-8-11-27-47(42)61-48)51(49(44)41-20-6-9-25-45(41)57-52)43-24-13-22-39-38-19-7-10-26-46(38)62-53(39)43/h1-32H. The topological polar surface area (TPSA) is 77.8 Å². The first-order valence-electron chi connectivity index (χ1n) is 20.7. The van der Waals surface area contributed by atoms with Crippen molar-refractivity contribution in [2.45, 2.75) is 0 Å². The predicted molar refractivity (Wildman–Crippen MR) is 252 cm³/mol. The zero-order chi connectivity index (χ0) is 40.7. The summed E-state index contributed by atoms with van der Waals surface area (Å²) in [5.74, 6) is 1.83. The third-order valence-corrected chi connectivity index (χ3v) is 12.1. The fraction of sp³-hybridized carbons (Fsp3) is 0. The van der Waals surface area contributed by atoms with Gasteiger partial charge in [0.2, 0.25) is 0 Å². The number of aromatic nitrogens is 4. The van der Waals surface area contributed by atoms with E-state index in [1.165, 1.54) is 0 Å². The third kappa shape index (κ3) is 5.30. The molecule has 9 aromatic carbocycles. The highest BCUT2D eigenvalue weighted by Gasteiger charge is 2.24. The molecular weight excluding hydrogens is 761 g/mol. The van der Waals surface area contributed by atoms with Crippen LogP contribution in [0.3, 0.4) is 0 Å². The first kappa shape index (κ1) is 34.4. The molecule has 6 nitrogen and oxygen atoms in total. The van der Waals surface area contributed by atoms with Crippen molar-refractivity contribution >= 4 is 76.3 Å². The van der Waals surface area contributed by atoms with Gasteiger partial charge in [0.05, 0.1) is 11.2 Å². The average Bonchev–Trinajstić information content (AvgIpc) is 3.92. The van der Waals surface area contributed by atoms with E-state index in [9.17, 15) is 0 Å². The van der Waals surface area contributed by atoms with E-state index in [1.54, 1.807) is 0 Å². The molecule has 0 saturated carbocycles. The first-order chi connectivity index (χ1) is 30.7. The summed E-state index contributed by atoms with van der Waals surface area (Å²) in [4.78, 5) is 20.6. The molecule has 0 aliphatic heterocycles. The molecule has 0 amide bonds. The van der Waals surface area contributed by atoms with E-state index >= 15 is 0 Å². The van der Waals surface area contributed by atoms with Crippen molar-refractivity contribution in [1.29, 1.82) is 0 Å². The number of rotatable bonds is 5. The first-order valence-corrected chi connectivity index (χ1v) is 20.7. The molecule has 288 valence electrons. The summed E-state index contributed by atoms with van der Waals surface area (Å²) in [6, 6.07) is 66.7. The molecule has 0 N–H and O–H groups in total. The number of hydrogen-bond donors (Lipinski definition) is 0. The fourth-order valence-corrected chi connectivity index (χ4v) is 9.29. The van der Waals surface area contributed by atoms with Crippen molar-refractivity contribution in [1.82, 2.24) is 19.9 Å². The molecule has 0 aliphatic carbocycles. The average molecular weight is 793 g/mol. The molecule has 62 heavy (non-hydrogen) atoms. The molecule has 0 atom stereocenters. The lowest BCUT2D eigenvalue weighted by Gasteiger charge is -2.16. The Morgan fingerprint density at radius 1 is 0.323 bits per heavy atom. The molecule has 0 saturated heterocycles. The highest BCUT2D eigenvalue weighted by atomic mass is 16.3. The second-order valence-corrected chi connectivity index (χ2v) is 15.7. The zero-order valence-electron chi connectivity index (χ0n) is 33.1. The van der Waals surface area contributed by atoms with Gasteiger partial charge in [-0.25, -0.2) is 19.9 Å². The van der Waals surface area contributed by atoms with Crippen LogP contribution in [0.5, 0.6) is 0 Å². The van der Waals surface area contributed by atoms with E-state index in [0.717, 1.165) is 115 Å². The second kappa shape index (κ2) is 13.5. The monoisotopic (exact) mass is 792 g/mol. The fourth-order valence-electron chi connectivity index (χ4n) is 9.29. The molecular formula is C56H32N4O2. The molecule has 0 radical (unpaired) electrons. The van der Waals surface area contributed by atoms with E-state index < -0.39 is 0 Å². The lowest BCUT2D eigenvalue weighted by molar-refractivity contribution is 0.669. The highest BCUT2D eigenvalue weighted by Crippen LogP contribution is 2.48. The number of benzene rings is 9. The smallest absolute Gasteiger partial charge is 0.164 e. The summed E-state index contributed by atoms with van der Waals surface area (Å²) in [6.45, 7) is 0. The summed E-state index contributed by atoms with van der Waals surface area (Å²) < 4.78 is 13.5. The van der Waals surface area contributed by atoms with Crippen molar-refractivity contribution in [3.63, 3.8) is 0 Å². The highest BCUT2D eigenvalue weighted by molar-refractivity contribution is 6.29. The summed E-state index contributed by atoms with van der Waals surface area (Å²) in [6.07, 6.45) is 0. The van der Waals surface area contributed by atoms with Gasteiger partial charge < -0.3 is 8.83 Å². The van der Waals surface area contributed by atoms with Crippen LogP contribution in [0.25, 0.3) is 133 Å². The van der Waals surface area contributed by atoms with Crippen LogP contribution in [0.15, 0.2) is 203 Å². The second-order valence-electron chi connectivity index (χ2n) is 15.7. The van der Waals surface area contributed by atoms with Crippen molar-refractivity contribution < 1.29 is 8.83 Å². The Kier molecular flexibility index (Phi) is 7.50. The summed E-state index contributed by atoms with van der Waals surface area (Å²) in [5.41, 5.74) is 10.8. The maximum absolute atomic E-state index is 6.74. The Morgan fingerprint density at radius 2 is 0.903 bits per heavy atom. The molecule has 4 aromatic heterocycles. The summed E-state index contributed by atoms with van der Waals surface area (Å²) in [7, 11) is 0. The molecule has 6 heteroatoms. The van der Waals surface area contributed by atoms with Gasteiger partial charge in [-0.3, -0.25) is 0 Å². The number of pyridine rings is 1. The normalized spacial score (nSPS) is 11.9. The van der Waals surface area contributed by atoms with Gasteiger partial charge in [0.1, 0.15) is 22.3 Å². The van der Waals surface area contributed by atoms with Crippen LogP contribution in [0, 0.1) is 0 Å². The Labute approximate surface area is 354 Å². The van der Waals surface area contributed by atoms with Gasteiger partial charge in [0.25, 0.3) is 0 Å². The van der Waals surface area contributed by atoms with Crippen LogP contribution >= 0.6 is 0 Å². The van der Waals surface area contributed by atoms with Gasteiger partial charge in [-0.1, -0.05) is 170 Å². The molecule has 4 heterocycles. The molecule has 0 spiro atoms. The van der Waals surface area contributed by atoms with Crippen molar-refractivity contribution in [2.75, 3.05) is 0 Å². The van der Waals surface area contributed by atoms with Gasteiger partial charge in [0, 0.05) is 71.1 Å². The lowest BCUT2D eigenvalue weighted by Crippen LogP contribution is -2.00. The Bertz CT molecular complexity index is 3920. The molecule has 0 aliphatic rings. The number of para-hydroxylation sites is 4. The van der Waals surface area contributed by atoms with Gasteiger partial charge >= 0.3 is 0 Å². The molecule has 0 fully saturated rings. The van der Waals surface area contributed by atoms with Crippen molar-refractivity contribution in [2.24, 2.45) is 0 Å². The van der Waals surface area contributed by atoms with E-state index in [0.29, 0.717) is 17.5 Å². The van der Waals surface area contributed by atoms with E-state index in [2.05, 4.69) is 140 Å². The minimum absolute atomic E-state index is 0.592. The molecule has 0 unspecified atom stereocenters. The van der Waals surface area contributed by atoms with Crippen LogP contribution < -0.4 is 0 Å². The van der Waals surface area contributed by atoms with Crippen LogP contribution in [0.1, 0.15) is 0 Å². The van der Waals surface area contributed by atoms with Gasteiger partial charge in [-0.2, -0.15) is 0 Å². The van der Waals surface area contributed by atoms with Crippen molar-refractivity contribution in [3.8, 4) is 56.5 Å². The number of fused-ring (bicyclic) bond motifs is 10. The Balaban J connectivity index is 1.05. The molecule has 13 rings (SSSR count). The van der Waals surface area contributed by atoms with Crippen LogP contribution in [-0.2, 0) is 0 Å². The summed E-state index contributed by atoms with van der Waals surface area (Å²) in [5, 5.41) is 9.60. The quantitative estimate of drug-likeness (QED) is 0.162. The lowest BCUT2D eigenvalue weighted by atomic mass is 9.89. The number of furan rings is 2. The van der Waals surface area contributed by atoms with E-state index in [-0.39, 0.29) is 0 Å². The number of nitrogens with zero attached hydrogens (tertiary/aromatic N) is 4. The van der Waals surface area contributed by atoms with Crippen molar-refractivity contribution in [3.05, 3.63) is 194 Å². The van der Waals surface area contributed by atoms with Crippen LogP contribution in [0.2, 0.25) is 0 Å².